The number of thioether (sulfide) groups is 1. The molecule has 1 amide bonds. The lowest BCUT2D eigenvalue weighted by atomic mass is 10.2. The number of amides is 1. The topological polar surface area (TPSA) is 136 Å². The number of carbonyl (C=O) groups is 1. The van der Waals surface area contributed by atoms with Gasteiger partial charge < -0.3 is 14.1 Å². The van der Waals surface area contributed by atoms with Crippen LogP contribution in [0.4, 0.5) is 5.69 Å². The predicted octanol–water partition coefficient (Wildman–Crippen LogP) is 2.37. The molecule has 10 nitrogen and oxygen atoms in total. The molecule has 1 unspecified atom stereocenters. The third-order valence-corrected chi connectivity index (χ3v) is 9.40. The number of hydrogen-bond acceptors (Lipinski definition) is 9. The summed E-state index contributed by atoms with van der Waals surface area (Å²) in [6, 6.07) is 10.5. The first kappa shape index (κ1) is 24.4. The average Bonchev–Trinajstić information content (AvgIpc) is 3.38. The lowest BCUT2D eigenvalue weighted by molar-refractivity contribution is -0.128. The lowest BCUT2D eigenvalue weighted by Crippen LogP contribution is -2.38. The number of methoxy groups -OCH3 is 1. The van der Waals surface area contributed by atoms with E-state index in [-0.39, 0.29) is 39.3 Å². The van der Waals surface area contributed by atoms with Crippen LogP contribution < -0.4 is 9.46 Å². The maximum atomic E-state index is 12.8. The van der Waals surface area contributed by atoms with Gasteiger partial charge in [0.25, 0.3) is 15.2 Å². The van der Waals surface area contributed by atoms with E-state index >= 15 is 0 Å². The van der Waals surface area contributed by atoms with Crippen molar-refractivity contribution in [1.82, 2.24) is 9.88 Å². The quantitative estimate of drug-likeness (QED) is 0.440. The molecular formula is C21H23N3O7S3. The SMILES string of the molecule is COc1ccc(NS(=O)(=O)c2ccc3oc(SCC(=O)N(C)C4CCS(=O)(=O)C4)nc3c2)cc1. The van der Waals surface area contributed by atoms with Crippen molar-refractivity contribution in [1.29, 1.82) is 0 Å². The third kappa shape index (κ3) is 5.47. The van der Waals surface area contributed by atoms with Gasteiger partial charge in [-0.05, 0) is 48.9 Å². The number of carbonyl (C=O) groups excluding carboxylic acids is 1. The van der Waals surface area contributed by atoms with E-state index in [0.29, 0.717) is 29.0 Å². The first-order valence-corrected chi connectivity index (χ1v) is 14.5. The predicted molar refractivity (Wildman–Crippen MR) is 128 cm³/mol. The summed E-state index contributed by atoms with van der Waals surface area (Å²) in [5, 5.41) is 0.216. The molecule has 1 fully saturated rings. The molecule has 0 saturated carbocycles. The molecule has 1 aliphatic heterocycles. The molecule has 4 rings (SSSR count). The standard InChI is InChI=1S/C21H23N3O7S3/c1-24(15-9-10-33(26,27)13-15)20(25)12-32-21-22-18-11-17(7-8-19(18)31-21)34(28,29)23-14-3-5-16(30-2)6-4-14/h3-8,11,15,23H,9-10,12-13H2,1-2H3. The molecule has 1 atom stereocenters. The summed E-state index contributed by atoms with van der Waals surface area (Å²) in [7, 11) is -3.84. The van der Waals surface area contributed by atoms with E-state index < -0.39 is 19.9 Å². The van der Waals surface area contributed by atoms with Crippen molar-refractivity contribution in [2.24, 2.45) is 0 Å². The molecule has 0 bridgehead atoms. The highest BCUT2D eigenvalue weighted by Crippen LogP contribution is 2.27. The van der Waals surface area contributed by atoms with E-state index in [1.54, 1.807) is 31.3 Å². The van der Waals surface area contributed by atoms with Crippen LogP contribution in [0.5, 0.6) is 5.75 Å². The first-order valence-electron chi connectivity index (χ1n) is 10.2. The van der Waals surface area contributed by atoms with Gasteiger partial charge in [-0.25, -0.2) is 21.8 Å². The zero-order valence-corrected chi connectivity index (χ0v) is 20.9. The lowest BCUT2D eigenvalue weighted by Gasteiger charge is -2.22. The highest BCUT2D eigenvalue weighted by atomic mass is 32.2. The number of aromatic nitrogens is 1. The van der Waals surface area contributed by atoms with Gasteiger partial charge in [0.05, 0.1) is 29.3 Å². The number of sulfonamides is 1. The van der Waals surface area contributed by atoms with Gasteiger partial charge in [0.2, 0.25) is 5.91 Å². The Hall–Kier alpha value is -2.77. The number of hydrogen-bond donors (Lipinski definition) is 1. The van der Waals surface area contributed by atoms with E-state index in [1.165, 1.54) is 30.2 Å². The summed E-state index contributed by atoms with van der Waals surface area (Å²) in [5.41, 5.74) is 1.10. The Balaban J connectivity index is 1.42. The number of sulfone groups is 1. The minimum Gasteiger partial charge on any atom is -0.497 e. The number of anilines is 1. The van der Waals surface area contributed by atoms with E-state index in [1.807, 2.05) is 0 Å². The zero-order valence-electron chi connectivity index (χ0n) is 18.4. The number of ether oxygens (including phenoxy) is 1. The second-order valence-corrected chi connectivity index (χ2v) is 12.6. The molecule has 1 N–H and O–H groups in total. The third-order valence-electron chi connectivity index (χ3n) is 5.46. The Morgan fingerprint density at radius 1 is 1.26 bits per heavy atom. The van der Waals surface area contributed by atoms with Gasteiger partial charge in [-0.2, -0.15) is 0 Å². The fraction of sp³-hybridized carbons (Fsp3) is 0.333. The molecule has 2 aromatic carbocycles. The summed E-state index contributed by atoms with van der Waals surface area (Å²) in [6.45, 7) is 0. The molecule has 1 aromatic heterocycles. The van der Waals surface area contributed by atoms with E-state index in [9.17, 15) is 21.6 Å². The zero-order chi connectivity index (χ0) is 24.5. The van der Waals surface area contributed by atoms with Crippen molar-refractivity contribution >= 4 is 54.3 Å². The van der Waals surface area contributed by atoms with Crippen LogP contribution in [-0.4, -0.2) is 70.1 Å². The highest BCUT2D eigenvalue weighted by molar-refractivity contribution is 7.99. The van der Waals surface area contributed by atoms with Gasteiger partial charge >= 0.3 is 0 Å². The van der Waals surface area contributed by atoms with Gasteiger partial charge in [0.15, 0.2) is 15.4 Å². The monoisotopic (exact) mass is 525 g/mol. The molecule has 1 aliphatic rings. The van der Waals surface area contributed by atoms with E-state index in [4.69, 9.17) is 9.15 Å². The first-order chi connectivity index (χ1) is 16.1. The summed E-state index contributed by atoms with van der Waals surface area (Å²) in [5.74, 6) is 0.456. The number of oxazole rings is 1. The number of nitrogens with zero attached hydrogens (tertiary/aromatic N) is 2. The number of nitrogens with one attached hydrogen (secondary N) is 1. The van der Waals surface area contributed by atoms with Crippen molar-refractivity contribution < 1.29 is 30.8 Å². The van der Waals surface area contributed by atoms with Crippen LogP contribution in [0.1, 0.15) is 6.42 Å². The number of benzene rings is 2. The van der Waals surface area contributed by atoms with Gasteiger partial charge in [-0.15, -0.1) is 0 Å². The van der Waals surface area contributed by atoms with Gasteiger partial charge in [0.1, 0.15) is 11.3 Å². The van der Waals surface area contributed by atoms with Crippen molar-refractivity contribution in [3.05, 3.63) is 42.5 Å². The largest absolute Gasteiger partial charge is 0.497 e. The molecule has 34 heavy (non-hydrogen) atoms. The number of rotatable bonds is 8. The minimum atomic E-state index is -3.86. The van der Waals surface area contributed by atoms with Crippen molar-refractivity contribution in [3.8, 4) is 5.75 Å². The van der Waals surface area contributed by atoms with Crippen LogP contribution in [0.25, 0.3) is 11.1 Å². The van der Waals surface area contributed by atoms with Crippen LogP contribution >= 0.6 is 11.8 Å². The maximum absolute atomic E-state index is 12.8. The molecule has 0 aliphatic carbocycles. The van der Waals surface area contributed by atoms with Gasteiger partial charge in [-0.3, -0.25) is 9.52 Å². The summed E-state index contributed by atoms with van der Waals surface area (Å²) >= 11 is 1.07. The summed E-state index contributed by atoms with van der Waals surface area (Å²) < 4.78 is 62.0. The van der Waals surface area contributed by atoms with Gasteiger partial charge in [-0.1, -0.05) is 11.8 Å². The van der Waals surface area contributed by atoms with Crippen LogP contribution in [-0.2, 0) is 24.7 Å². The van der Waals surface area contributed by atoms with Crippen LogP contribution in [0, 0.1) is 0 Å². The molecule has 3 aromatic rings. The Morgan fingerprint density at radius 3 is 2.65 bits per heavy atom. The maximum Gasteiger partial charge on any atom is 0.261 e. The Morgan fingerprint density at radius 2 is 2.00 bits per heavy atom. The van der Waals surface area contributed by atoms with Crippen molar-refractivity contribution in [3.63, 3.8) is 0 Å². The minimum absolute atomic E-state index is 0.0129. The molecule has 13 heteroatoms. The van der Waals surface area contributed by atoms with E-state index in [0.717, 1.165) is 11.8 Å². The second kappa shape index (κ2) is 9.47. The smallest absolute Gasteiger partial charge is 0.261 e. The Bertz CT molecular complexity index is 1420. The van der Waals surface area contributed by atoms with Crippen molar-refractivity contribution in [2.75, 3.05) is 36.1 Å². The molecule has 0 spiro atoms. The fourth-order valence-corrected chi connectivity index (χ4v) is 7.11. The highest BCUT2D eigenvalue weighted by Gasteiger charge is 2.32. The van der Waals surface area contributed by atoms with Crippen LogP contribution in [0.15, 0.2) is 57.0 Å². The molecule has 0 radical (unpaired) electrons. The Kier molecular flexibility index (Phi) is 6.78. The van der Waals surface area contributed by atoms with E-state index in [2.05, 4.69) is 9.71 Å². The molecule has 2 heterocycles. The molecular weight excluding hydrogens is 502 g/mol. The normalized spacial score (nSPS) is 17.5. The molecule has 1 saturated heterocycles. The van der Waals surface area contributed by atoms with Crippen LogP contribution in [0.3, 0.4) is 0 Å². The molecule has 182 valence electrons. The summed E-state index contributed by atoms with van der Waals surface area (Å²) in [6.07, 6.45) is 0.430. The Labute approximate surface area is 201 Å². The van der Waals surface area contributed by atoms with Crippen LogP contribution in [0.2, 0.25) is 0 Å². The average molecular weight is 526 g/mol. The van der Waals surface area contributed by atoms with Crippen molar-refractivity contribution in [2.45, 2.75) is 22.6 Å². The summed E-state index contributed by atoms with van der Waals surface area (Å²) in [4.78, 5) is 18.2. The number of fused-ring (bicyclic) bond motifs is 1. The van der Waals surface area contributed by atoms with Gasteiger partial charge in [0, 0.05) is 18.8 Å². The fourth-order valence-electron chi connectivity index (χ4n) is 3.50. The second-order valence-electron chi connectivity index (χ2n) is 7.79.